The molecule has 1 aromatic rings. The Morgan fingerprint density at radius 1 is 1.50 bits per heavy atom. The Morgan fingerprint density at radius 2 is 2.25 bits per heavy atom. The first kappa shape index (κ1) is 11.6. The highest BCUT2D eigenvalue weighted by atomic mass is 15.2. The molecule has 1 heterocycles. The van der Waals surface area contributed by atoms with E-state index in [0.29, 0.717) is 0 Å². The van der Waals surface area contributed by atoms with Crippen LogP contribution in [0.4, 0.5) is 0 Å². The van der Waals surface area contributed by atoms with Crippen LogP contribution < -0.4 is 5.32 Å². The summed E-state index contributed by atoms with van der Waals surface area (Å²) >= 11 is 0. The third kappa shape index (κ3) is 1.88. The number of aryl methyl sites for hydroxylation is 2. The van der Waals surface area contributed by atoms with Crippen LogP contribution in [-0.2, 0) is 7.05 Å². The molecule has 0 aliphatic heterocycles. The summed E-state index contributed by atoms with van der Waals surface area (Å²) in [5, 5.41) is 8.03. The second-order valence-electron chi connectivity index (χ2n) is 4.92. The van der Waals surface area contributed by atoms with Gasteiger partial charge in [0, 0.05) is 19.3 Å². The third-order valence-corrected chi connectivity index (χ3v) is 3.93. The van der Waals surface area contributed by atoms with Gasteiger partial charge in [-0.2, -0.15) is 5.10 Å². The predicted octanol–water partition coefficient (Wildman–Crippen LogP) is 2.22. The summed E-state index contributed by atoms with van der Waals surface area (Å²) in [5.74, 6) is 1.52. The molecule has 3 heteroatoms. The molecule has 16 heavy (non-hydrogen) atoms. The molecule has 0 aromatic carbocycles. The van der Waals surface area contributed by atoms with Gasteiger partial charge in [-0.15, -0.1) is 0 Å². The molecule has 1 fully saturated rings. The van der Waals surface area contributed by atoms with Crippen molar-refractivity contribution in [3.05, 3.63) is 17.5 Å². The van der Waals surface area contributed by atoms with Gasteiger partial charge in [0.15, 0.2) is 0 Å². The second-order valence-corrected chi connectivity index (χ2v) is 4.92. The summed E-state index contributed by atoms with van der Waals surface area (Å²) in [5.41, 5.74) is 2.67. The van der Waals surface area contributed by atoms with Crippen LogP contribution in [0.1, 0.15) is 43.9 Å². The lowest BCUT2D eigenvalue weighted by molar-refractivity contribution is 0.162. The Morgan fingerprint density at radius 3 is 2.75 bits per heavy atom. The number of rotatable bonds is 4. The molecular weight excluding hydrogens is 198 g/mol. The van der Waals surface area contributed by atoms with Gasteiger partial charge in [0.2, 0.25) is 0 Å². The van der Waals surface area contributed by atoms with Crippen molar-refractivity contribution in [3.8, 4) is 0 Å². The summed E-state index contributed by atoms with van der Waals surface area (Å²) in [6.07, 6.45) is 4.74. The van der Waals surface area contributed by atoms with Gasteiger partial charge in [-0.25, -0.2) is 0 Å². The normalized spacial score (nSPS) is 29.1. The maximum atomic E-state index is 4.45. The first-order chi connectivity index (χ1) is 7.67. The van der Waals surface area contributed by atoms with E-state index in [1.807, 2.05) is 11.7 Å². The van der Waals surface area contributed by atoms with Gasteiger partial charge in [-0.1, -0.05) is 20.3 Å². The van der Waals surface area contributed by atoms with Crippen molar-refractivity contribution >= 4 is 0 Å². The zero-order valence-electron chi connectivity index (χ0n) is 10.8. The zero-order valence-corrected chi connectivity index (χ0v) is 10.8. The molecule has 1 aliphatic rings. The van der Waals surface area contributed by atoms with Gasteiger partial charge in [0.1, 0.15) is 0 Å². The monoisotopic (exact) mass is 221 g/mol. The molecule has 0 saturated heterocycles. The number of hydrogen-bond acceptors (Lipinski definition) is 2. The van der Waals surface area contributed by atoms with Gasteiger partial charge in [0.05, 0.1) is 5.69 Å². The molecule has 1 N–H and O–H groups in total. The van der Waals surface area contributed by atoms with Crippen LogP contribution in [-0.4, -0.2) is 22.4 Å². The molecule has 90 valence electrons. The average Bonchev–Trinajstić information content (AvgIpc) is 2.52. The Kier molecular flexibility index (Phi) is 3.33. The molecule has 0 radical (unpaired) electrons. The van der Waals surface area contributed by atoms with Crippen LogP contribution in [0.2, 0.25) is 0 Å². The van der Waals surface area contributed by atoms with Gasteiger partial charge in [-0.05, 0) is 37.3 Å². The molecule has 0 spiro atoms. The fourth-order valence-electron chi connectivity index (χ4n) is 3.11. The summed E-state index contributed by atoms with van der Waals surface area (Å²) < 4.78 is 1.94. The number of nitrogens with zero attached hydrogens (tertiary/aromatic N) is 2. The molecule has 1 aromatic heterocycles. The van der Waals surface area contributed by atoms with E-state index in [2.05, 4.69) is 37.4 Å². The van der Waals surface area contributed by atoms with Gasteiger partial charge < -0.3 is 5.32 Å². The lowest BCUT2D eigenvalue weighted by atomic mass is 9.65. The lowest BCUT2D eigenvalue weighted by Crippen LogP contribution is -2.48. The molecule has 3 nitrogen and oxygen atoms in total. The van der Waals surface area contributed by atoms with Crippen LogP contribution in [0.3, 0.4) is 0 Å². The molecule has 2 rings (SSSR count). The molecule has 3 atom stereocenters. The number of aromatic nitrogens is 2. The molecule has 0 bridgehead atoms. The molecule has 1 aliphatic carbocycles. The highest BCUT2D eigenvalue weighted by Gasteiger charge is 2.41. The largest absolute Gasteiger partial charge is 0.314 e. The van der Waals surface area contributed by atoms with E-state index in [9.17, 15) is 0 Å². The number of nitrogens with one attached hydrogen (secondary N) is 1. The van der Waals surface area contributed by atoms with Crippen molar-refractivity contribution in [1.29, 1.82) is 0 Å². The fourth-order valence-corrected chi connectivity index (χ4v) is 3.11. The van der Waals surface area contributed by atoms with E-state index in [0.717, 1.165) is 24.4 Å². The van der Waals surface area contributed by atoms with Crippen LogP contribution in [0.5, 0.6) is 0 Å². The minimum atomic E-state index is 0.722. The van der Waals surface area contributed by atoms with E-state index < -0.39 is 0 Å². The van der Waals surface area contributed by atoms with E-state index in [-0.39, 0.29) is 0 Å². The zero-order chi connectivity index (χ0) is 11.7. The van der Waals surface area contributed by atoms with E-state index >= 15 is 0 Å². The SMILES string of the molecule is CCNC1CC(c2cn(C)nc2C)C1CC. The van der Waals surface area contributed by atoms with E-state index in [4.69, 9.17) is 0 Å². The van der Waals surface area contributed by atoms with Crippen LogP contribution in [0.25, 0.3) is 0 Å². The predicted molar refractivity (Wildman–Crippen MR) is 66.5 cm³/mol. The first-order valence-electron chi connectivity index (χ1n) is 6.40. The van der Waals surface area contributed by atoms with Crippen molar-refractivity contribution < 1.29 is 0 Å². The van der Waals surface area contributed by atoms with Crippen molar-refractivity contribution in [1.82, 2.24) is 15.1 Å². The van der Waals surface area contributed by atoms with Gasteiger partial charge >= 0.3 is 0 Å². The Bertz CT molecular complexity index is 356. The minimum Gasteiger partial charge on any atom is -0.314 e. The second kappa shape index (κ2) is 4.58. The highest BCUT2D eigenvalue weighted by molar-refractivity contribution is 5.26. The summed E-state index contributed by atoms with van der Waals surface area (Å²) in [4.78, 5) is 0. The topological polar surface area (TPSA) is 29.9 Å². The molecule has 1 saturated carbocycles. The van der Waals surface area contributed by atoms with Gasteiger partial charge in [0.25, 0.3) is 0 Å². The number of hydrogen-bond donors (Lipinski definition) is 1. The van der Waals surface area contributed by atoms with Gasteiger partial charge in [-0.3, -0.25) is 4.68 Å². The lowest BCUT2D eigenvalue weighted by Gasteiger charge is -2.45. The van der Waals surface area contributed by atoms with Crippen molar-refractivity contribution in [2.24, 2.45) is 13.0 Å². The summed E-state index contributed by atoms with van der Waals surface area (Å²) in [7, 11) is 2.01. The van der Waals surface area contributed by atoms with E-state index in [1.54, 1.807) is 0 Å². The van der Waals surface area contributed by atoms with Crippen LogP contribution in [0.15, 0.2) is 6.20 Å². The first-order valence-corrected chi connectivity index (χ1v) is 6.40. The summed E-state index contributed by atoms with van der Waals surface area (Å²) in [6, 6.07) is 0.722. The quantitative estimate of drug-likeness (QED) is 0.845. The molecular formula is C13H23N3. The smallest absolute Gasteiger partial charge is 0.0628 e. The Labute approximate surface area is 98.2 Å². The van der Waals surface area contributed by atoms with Crippen molar-refractivity contribution in [2.45, 2.75) is 45.6 Å². The van der Waals surface area contributed by atoms with Crippen molar-refractivity contribution in [2.75, 3.05) is 6.54 Å². The van der Waals surface area contributed by atoms with Crippen molar-refractivity contribution in [3.63, 3.8) is 0 Å². The Hall–Kier alpha value is -0.830. The maximum absolute atomic E-state index is 4.45. The molecule has 3 unspecified atom stereocenters. The fraction of sp³-hybridized carbons (Fsp3) is 0.769. The highest BCUT2D eigenvalue weighted by Crippen LogP contribution is 2.45. The van der Waals surface area contributed by atoms with Crippen LogP contribution in [0, 0.1) is 12.8 Å². The van der Waals surface area contributed by atoms with E-state index in [1.165, 1.54) is 24.1 Å². The maximum Gasteiger partial charge on any atom is 0.0628 e. The molecule has 0 amide bonds. The summed E-state index contributed by atoms with van der Waals surface area (Å²) in [6.45, 7) is 7.70. The standard InChI is InChI=1S/C13H23N3/c1-5-10-11(7-13(10)14-6-2)12-8-16(4)15-9(12)3/h8,10-11,13-14H,5-7H2,1-4H3. The third-order valence-electron chi connectivity index (χ3n) is 3.93. The average molecular weight is 221 g/mol. The Balaban J connectivity index is 2.09. The minimum absolute atomic E-state index is 0.722. The van der Waals surface area contributed by atoms with Crippen LogP contribution >= 0.6 is 0 Å².